The highest BCUT2D eigenvalue weighted by Crippen LogP contribution is 2.18. The first-order valence-corrected chi connectivity index (χ1v) is 32.6. The predicted octanol–water partition coefficient (Wildman–Crippen LogP) is 20.6. The van der Waals surface area contributed by atoms with Crippen molar-refractivity contribution in [3.8, 4) is 0 Å². The van der Waals surface area contributed by atoms with E-state index in [-0.39, 0.29) is 18.5 Å². The van der Waals surface area contributed by atoms with Crippen LogP contribution in [0, 0.1) is 0 Å². The fourth-order valence-corrected chi connectivity index (χ4v) is 10.2. The van der Waals surface area contributed by atoms with Crippen molar-refractivity contribution in [1.29, 1.82) is 0 Å². The molecule has 3 N–H and O–H groups in total. The molecule has 0 aromatic carbocycles. The summed E-state index contributed by atoms with van der Waals surface area (Å²) < 4.78 is 5.48. The van der Waals surface area contributed by atoms with Gasteiger partial charge in [0.1, 0.15) is 0 Å². The van der Waals surface area contributed by atoms with Crippen molar-refractivity contribution >= 4 is 11.9 Å². The number of carbonyl (C=O) groups excluding carboxylic acids is 2. The average molecular weight is 1010 g/mol. The van der Waals surface area contributed by atoms with Crippen LogP contribution in [0.3, 0.4) is 0 Å². The van der Waals surface area contributed by atoms with Gasteiger partial charge in [0.25, 0.3) is 0 Å². The zero-order valence-corrected chi connectivity index (χ0v) is 48.7. The topological polar surface area (TPSA) is 95.9 Å². The lowest BCUT2D eigenvalue weighted by Crippen LogP contribution is -2.45. The third-order valence-corrected chi connectivity index (χ3v) is 15.2. The summed E-state index contributed by atoms with van der Waals surface area (Å²) in [6.45, 7) is 4.93. The van der Waals surface area contributed by atoms with Crippen LogP contribution in [0.25, 0.3) is 0 Å². The van der Waals surface area contributed by atoms with Gasteiger partial charge in [0.05, 0.1) is 25.4 Å². The largest absolute Gasteiger partial charge is 0.466 e. The van der Waals surface area contributed by atoms with E-state index in [1.165, 1.54) is 289 Å². The molecular formula is C66H127NO5. The molecule has 0 fully saturated rings. The van der Waals surface area contributed by atoms with Crippen molar-refractivity contribution < 1.29 is 24.5 Å². The molecule has 0 aromatic heterocycles. The van der Waals surface area contributed by atoms with Gasteiger partial charge in [-0.05, 0) is 57.8 Å². The minimum atomic E-state index is -0.849. The third kappa shape index (κ3) is 57.6. The molecule has 1 amide bonds. The molecule has 72 heavy (non-hydrogen) atoms. The minimum Gasteiger partial charge on any atom is -0.466 e. The van der Waals surface area contributed by atoms with Crippen LogP contribution in [0.2, 0.25) is 0 Å². The quantitative estimate of drug-likeness (QED) is 0.0320. The highest BCUT2D eigenvalue weighted by Gasteiger charge is 2.18. The van der Waals surface area contributed by atoms with Gasteiger partial charge < -0.3 is 20.3 Å². The second-order valence-corrected chi connectivity index (χ2v) is 22.5. The summed E-state index contributed by atoms with van der Waals surface area (Å²) in [7, 11) is 0. The van der Waals surface area contributed by atoms with Crippen LogP contribution in [0.5, 0.6) is 0 Å². The Balaban J connectivity index is 3.43. The number of esters is 1. The first-order chi connectivity index (χ1) is 35.5. The molecule has 6 nitrogen and oxygen atoms in total. The maximum absolute atomic E-state index is 12.5. The van der Waals surface area contributed by atoms with Gasteiger partial charge >= 0.3 is 5.97 Å². The first kappa shape index (κ1) is 70.3. The standard InChI is InChI=1S/C66H127NO5/c1-3-5-7-9-11-13-15-17-18-19-25-28-31-35-38-42-46-50-54-58-64(69)63(62-68)67-65(70)59-55-51-47-43-39-36-32-29-26-23-21-20-22-24-27-30-33-37-41-45-49-53-57-61-72-66(71)60-56-52-48-44-40-34-16-14-12-10-8-6-4-2/h23,26,54,58,63-64,68-69H,3-22,24-25,27-53,55-57,59-62H2,1-2H3,(H,67,70)/b26-23-,58-54+. The SMILES string of the molecule is CCCCCCCCCCCCCCCCCCC/C=C/C(O)C(CO)NC(=O)CCCCCCCCC/C=C\CCCCCCCCCCCCCCOC(=O)CCCCCCCCCCCCCCC. The number of unbranched alkanes of at least 4 members (excludes halogenated alkanes) is 48. The molecule has 0 aliphatic rings. The number of nitrogens with one attached hydrogen (secondary N) is 1. The number of ether oxygens (including phenoxy) is 1. The molecule has 0 saturated heterocycles. The normalized spacial score (nSPS) is 12.7. The molecule has 2 unspecified atom stereocenters. The van der Waals surface area contributed by atoms with E-state index in [0.29, 0.717) is 19.4 Å². The summed E-state index contributed by atoms with van der Waals surface area (Å²) in [5.74, 6) is -0.0582. The number of aliphatic hydroxyl groups is 2. The average Bonchev–Trinajstić information content (AvgIpc) is 3.38. The Bertz CT molecular complexity index is 1120. The molecule has 0 saturated carbocycles. The van der Waals surface area contributed by atoms with Gasteiger partial charge in [-0.1, -0.05) is 314 Å². The van der Waals surface area contributed by atoms with E-state index >= 15 is 0 Å². The molecule has 0 heterocycles. The van der Waals surface area contributed by atoms with Crippen LogP contribution in [0.4, 0.5) is 0 Å². The Morgan fingerprint density at radius 2 is 0.653 bits per heavy atom. The lowest BCUT2D eigenvalue weighted by atomic mass is 10.0. The second-order valence-electron chi connectivity index (χ2n) is 22.5. The fraction of sp³-hybridized carbons (Fsp3) is 0.909. The van der Waals surface area contributed by atoms with Gasteiger partial charge in [-0.2, -0.15) is 0 Å². The van der Waals surface area contributed by atoms with Crippen LogP contribution in [0.1, 0.15) is 361 Å². The number of aliphatic hydroxyl groups excluding tert-OH is 2. The maximum atomic E-state index is 12.5. The van der Waals surface area contributed by atoms with Crippen LogP contribution in [-0.4, -0.2) is 47.4 Å². The highest BCUT2D eigenvalue weighted by atomic mass is 16.5. The predicted molar refractivity (Wildman–Crippen MR) is 315 cm³/mol. The summed E-state index contributed by atoms with van der Waals surface area (Å²) in [4.78, 5) is 24.5. The van der Waals surface area contributed by atoms with Gasteiger partial charge in [0.2, 0.25) is 5.91 Å². The van der Waals surface area contributed by atoms with Crippen LogP contribution in [0.15, 0.2) is 24.3 Å². The number of amides is 1. The van der Waals surface area contributed by atoms with E-state index in [9.17, 15) is 19.8 Å². The lowest BCUT2D eigenvalue weighted by molar-refractivity contribution is -0.143. The summed E-state index contributed by atoms with van der Waals surface area (Å²) in [6, 6.07) is -0.633. The molecule has 0 bridgehead atoms. The number of hydrogen-bond donors (Lipinski definition) is 3. The smallest absolute Gasteiger partial charge is 0.305 e. The van der Waals surface area contributed by atoms with Gasteiger partial charge in [0.15, 0.2) is 0 Å². The van der Waals surface area contributed by atoms with E-state index in [1.807, 2.05) is 6.08 Å². The van der Waals surface area contributed by atoms with Crippen LogP contribution >= 0.6 is 0 Å². The Morgan fingerprint density at radius 3 is 0.986 bits per heavy atom. The number of rotatable bonds is 61. The van der Waals surface area contributed by atoms with E-state index in [4.69, 9.17) is 4.74 Å². The minimum absolute atomic E-state index is 0.0130. The summed E-state index contributed by atoms with van der Waals surface area (Å²) in [5.41, 5.74) is 0. The van der Waals surface area contributed by atoms with Crippen molar-refractivity contribution in [2.45, 2.75) is 373 Å². The molecule has 0 rings (SSSR count). The molecule has 0 aliphatic heterocycles. The zero-order valence-electron chi connectivity index (χ0n) is 48.7. The molecule has 0 radical (unpaired) electrons. The third-order valence-electron chi connectivity index (χ3n) is 15.2. The second kappa shape index (κ2) is 61.9. The van der Waals surface area contributed by atoms with E-state index < -0.39 is 12.1 Å². The maximum Gasteiger partial charge on any atom is 0.305 e. The number of hydrogen-bond acceptors (Lipinski definition) is 5. The fourth-order valence-electron chi connectivity index (χ4n) is 10.2. The van der Waals surface area contributed by atoms with Gasteiger partial charge in [-0.15, -0.1) is 0 Å². The lowest BCUT2D eigenvalue weighted by Gasteiger charge is -2.20. The highest BCUT2D eigenvalue weighted by molar-refractivity contribution is 5.76. The molecule has 2 atom stereocenters. The van der Waals surface area contributed by atoms with Crippen LogP contribution < -0.4 is 5.32 Å². The Morgan fingerprint density at radius 1 is 0.375 bits per heavy atom. The molecule has 0 aromatic rings. The van der Waals surface area contributed by atoms with Crippen molar-refractivity contribution in [1.82, 2.24) is 5.32 Å². The van der Waals surface area contributed by atoms with Crippen molar-refractivity contribution in [3.63, 3.8) is 0 Å². The van der Waals surface area contributed by atoms with E-state index in [0.717, 1.165) is 44.9 Å². The molecular weight excluding hydrogens is 887 g/mol. The zero-order chi connectivity index (χ0) is 52.2. The summed E-state index contributed by atoms with van der Waals surface area (Å²) in [6.07, 6.45) is 76.6. The monoisotopic (exact) mass is 1010 g/mol. The summed E-state index contributed by atoms with van der Waals surface area (Å²) in [5, 5.41) is 23.2. The van der Waals surface area contributed by atoms with Crippen LogP contribution in [-0.2, 0) is 14.3 Å². The Labute approximate surface area is 450 Å². The molecule has 6 heteroatoms. The summed E-state index contributed by atoms with van der Waals surface area (Å²) >= 11 is 0. The number of allylic oxidation sites excluding steroid dienone is 3. The van der Waals surface area contributed by atoms with E-state index in [2.05, 4.69) is 31.3 Å². The number of carbonyl (C=O) groups is 2. The van der Waals surface area contributed by atoms with Crippen molar-refractivity contribution in [2.24, 2.45) is 0 Å². The molecule has 0 aliphatic carbocycles. The van der Waals surface area contributed by atoms with Crippen molar-refractivity contribution in [3.05, 3.63) is 24.3 Å². The Hall–Kier alpha value is -1.66. The van der Waals surface area contributed by atoms with Gasteiger partial charge in [-0.3, -0.25) is 9.59 Å². The molecule has 426 valence electrons. The van der Waals surface area contributed by atoms with Crippen molar-refractivity contribution in [2.75, 3.05) is 13.2 Å². The molecule has 0 spiro atoms. The van der Waals surface area contributed by atoms with E-state index in [1.54, 1.807) is 6.08 Å². The van der Waals surface area contributed by atoms with Gasteiger partial charge in [0, 0.05) is 12.8 Å². The van der Waals surface area contributed by atoms with Gasteiger partial charge in [-0.25, -0.2) is 0 Å². The Kier molecular flexibility index (Phi) is 60.5. The first-order valence-electron chi connectivity index (χ1n) is 32.6.